The van der Waals surface area contributed by atoms with Crippen LogP contribution in [-0.2, 0) is 0 Å². The van der Waals surface area contributed by atoms with Gasteiger partial charge in [-0.15, -0.1) is 0 Å². The molecule has 6 heteroatoms. The average Bonchev–Trinajstić information content (AvgIpc) is 2.13. The maximum Gasteiger partial charge on any atom is 0.333 e. The van der Waals surface area contributed by atoms with Crippen LogP contribution in [0.4, 0.5) is 9.59 Å². The van der Waals surface area contributed by atoms with Gasteiger partial charge in [-0.2, -0.15) is 0 Å². The molecule has 0 aromatic heterocycles. The molecule has 0 aliphatic rings. The predicted octanol–water partition coefficient (Wildman–Crippen LogP) is 0.790. The van der Waals surface area contributed by atoms with Crippen molar-refractivity contribution in [2.75, 3.05) is 6.54 Å². The Balaban J connectivity index is 3.95. The molecule has 0 bridgehead atoms. The number of unbranched alkanes of at least 4 members (excludes halogenated alkanes) is 1. The highest BCUT2D eigenvalue weighted by Crippen LogP contribution is 1.92. The summed E-state index contributed by atoms with van der Waals surface area (Å²) in [5.74, 6) is 0. The van der Waals surface area contributed by atoms with Gasteiger partial charge in [-0.1, -0.05) is 13.3 Å². The van der Waals surface area contributed by atoms with Gasteiger partial charge in [0.2, 0.25) is 0 Å². The second kappa shape index (κ2) is 6.92. The monoisotopic (exact) mass is 216 g/mol. The van der Waals surface area contributed by atoms with Crippen LogP contribution in [0.25, 0.3) is 0 Å². The first-order valence-electron chi connectivity index (χ1n) is 5.12. The SMILES string of the molecule is CCCCNC(=O)NN(C(N)=O)C(C)C. The van der Waals surface area contributed by atoms with Crippen LogP contribution in [0.15, 0.2) is 0 Å². The molecule has 0 spiro atoms. The summed E-state index contributed by atoms with van der Waals surface area (Å²) in [5, 5.41) is 3.71. The lowest BCUT2D eigenvalue weighted by molar-refractivity contribution is 0.156. The molecule has 0 aromatic carbocycles. The Hall–Kier alpha value is -1.46. The van der Waals surface area contributed by atoms with Crippen LogP contribution in [0.5, 0.6) is 0 Å². The fraction of sp³-hybridized carbons (Fsp3) is 0.778. The zero-order chi connectivity index (χ0) is 11.8. The van der Waals surface area contributed by atoms with E-state index in [1.165, 1.54) is 0 Å². The maximum atomic E-state index is 11.3. The van der Waals surface area contributed by atoms with E-state index < -0.39 is 12.1 Å². The number of amides is 4. The number of primary amides is 1. The molecule has 88 valence electrons. The van der Waals surface area contributed by atoms with Crippen molar-refractivity contribution in [3.05, 3.63) is 0 Å². The molecule has 0 radical (unpaired) electrons. The van der Waals surface area contributed by atoms with Crippen molar-refractivity contribution in [2.45, 2.75) is 39.7 Å². The summed E-state index contributed by atoms with van der Waals surface area (Å²) in [6.07, 6.45) is 1.91. The van der Waals surface area contributed by atoms with Crippen molar-refractivity contribution in [1.29, 1.82) is 0 Å². The third kappa shape index (κ3) is 5.77. The molecule has 0 unspecified atom stereocenters. The molecule has 0 rings (SSSR count). The summed E-state index contributed by atoms with van der Waals surface area (Å²) in [6, 6.07) is -1.24. The van der Waals surface area contributed by atoms with Crippen LogP contribution in [0.3, 0.4) is 0 Å². The molecule has 15 heavy (non-hydrogen) atoms. The summed E-state index contributed by atoms with van der Waals surface area (Å²) >= 11 is 0. The highest BCUT2D eigenvalue weighted by atomic mass is 16.2. The van der Waals surface area contributed by atoms with Crippen molar-refractivity contribution in [3.8, 4) is 0 Å². The first-order valence-corrected chi connectivity index (χ1v) is 5.12. The van der Waals surface area contributed by atoms with Crippen molar-refractivity contribution in [2.24, 2.45) is 5.73 Å². The van der Waals surface area contributed by atoms with E-state index in [9.17, 15) is 9.59 Å². The Morgan fingerprint density at radius 1 is 1.40 bits per heavy atom. The Bertz CT molecular complexity index is 218. The summed E-state index contributed by atoms with van der Waals surface area (Å²) in [5.41, 5.74) is 7.47. The molecule has 0 saturated carbocycles. The van der Waals surface area contributed by atoms with Crippen molar-refractivity contribution in [3.63, 3.8) is 0 Å². The topological polar surface area (TPSA) is 87.5 Å². The van der Waals surface area contributed by atoms with Crippen molar-refractivity contribution in [1.82, 2.24) is 15.8 Å². The van der Waals surface area contributed by atoms with E-state index >= 15 is 0 Å². The smallest absolute Gasteiger partial charge is 0.333 e. The van der Waals surface area contributed by atoms with Crippen molar-refractivity contribution < 1.29 is 9.59 Å². The second-order valence-electron chi connectivity index (χ2n) is 3.52. The minimum atomic E-state index is -0.671. The van der Waals surface area contributed by atoms with Crippen LogP contribution in [0.1, 0.15) is 33.6 Å². The van der Waals surface area contributed by atoms with Gasteiger partial charge in [0.15, 0.2) is 0 Å². The number of nitrogens with zero attached hydrogens (tertiary/aromatic N) is 1. The predicted molar refractivity (Wildman–Crippen MR) is 58.0 cm³/mol. The van der Waals surface area contributed by atoms with E-state index in [2.05, 4.69) is 10.7 Å². The Morgan fingerprint density at radius 2 is 2.00 bits per heavy atom. The van der Waals surface area contributed by atoms with E-state index in [1.807, 2.05) is 6.92 Å². The standard InChI is InChI=1S/C9H20N4O2/c1-4-5-6-11-9(15)12-13(7(2)3)8(10)14/h7H,4-6H2,1-3H3,(H2,10,14)(H2,11,12,15). The van der Waals surface area contributed by atoms with Crippen molar-refractivity contribution >= 4 is 12.1 Å². The number of hydrazine groups is 1. The minimum absolute atomic E-state index is 0.167. The third-order valence-electron chi connectivity index (χ3n) is 1.79. The van der Waals surface area contributed by atoms with Gasteiger partial charge in [0, 0.05) is 12.6 Å². The molecule has 0 atom stereocenters. The molecule has 0 fully saturated rings. The zero-order valence-electron chi connectivity index (χ0n) is 9.54. The quantitative estimate of drug-likeness (QED) is 0.479. The van der Waals surface area contributed by atoms with Gasteiger partial charge < -0.3 is 11.1 Å². The molecular formula is C9H20N4O2. The number of nitrogens with one attached hydrogen (secondary N) is 2. The largest absolute Gasteiger partial charge is 0.350 e. The van der Waals surface area contributed by atoms with Crippen LogP contribution in [0.2, 0.25) is 0 Å². The highest BCUT2D eigenvalue weighted by molar-refractivity contribution is 5.79. The van der Waals surface area contributed by atoms with Gasteiger partial charge >= 0.3 is 12.1 Å². The van der Waals surface area contributed by atoms with Crippen LogP contribution >= 0.6 is 0 Å². The van der Waals surface area contributed by atoms with E-state index in [4.69, 9.17) is 5.73 Å². The van der Waals surface area contributed by atoms with Gasteiger partial charge in [0.25, 0.3) is 0 Å². The van der Waals surface area contributed by atoms with E-state index in [0.717, 1.165) is 17.9 Å². The molecule has 6 nitrogen and oxygen atoms in total. The third-order valence-corrected chi connectivity index (χ3v) is 1.79. The summed E-state index contributed by atoms with van der Waals surface area (Å²) in [6.45, 7) is 6.14. The Labute approximate surface area is 90.2 Å². The molecular weight excluding hydrogens is 196 g/mol. The molecule has 4 amide bonds. The molecule has 0 aliphatic heterocycles. The Kier molecular flexibility index (Phi) is 6.24. The highest BCUT2D eigenvalue weighted by Gasteiger charge is 2.15. The Morgan fingerprint density at radius 3 is 2.40 bits per heavy atom. The summed E-state index contributed by atoms with van der Waals surface area (Å²) in [4.78, 5) is 22.2. The number of carbonyl (C=O) groups is 2. The number of hydrogen-bond donors (Lipinski definition) is 3. The first-order chi connectivity index (χ1) is 6.99. The first kappa shape index (κ1) is 13.5. The van der Waals surface area contributed by atoms with Gasteiger partial charge in [0.1, 0.15) is 0 Å². The molecule has 0 aliphatic carbocycles. The fourth-order valence-electron chi connectivity index (χ4n) is 0.966. The zero-order valence-corrected chi connectivity index (χ0v) is 9.54. The summed E-state index contributed by atoms with van der Waals surface area (Å²) in [7, 11) is 0. The molecule has 0 aromatic rings. The number of carbonyl (C=O) groups excluding carboxylic acids is 2. The normalized spacial score (nSPS) is 9.87. The molecule has 4 N–H and O–H groups in total. The van der Waals surface area contributed by atoms with E-state index in [0.29, 0.717) is 6.54 Å². The maximum absolute atomic E-state index is 11.3. The lowest BCUT2D eigenvalue weighted by atomic mass is 10.3. The van der Waals surface area contributed by atoms with Gasteiger partial charge in [-0.3, -0.25) is 0 Å². The van der Waals surface area contributed by atoms with Gasteiger partial charge in [0.05, 0.1) is 0 Å². The molecule has 0 heterocycles. The lowest BCUT2D eigenvalue weighted by Crippen LogP contribution is -2.55. The van der Waals surface area contributed by atoms with Gasteiger partial charge in [-0.05, 0) is 20.3 Å². The van der Waals surface area contributed by atoms with Crippen LogP contribution in [-0.4, -0.2) is 29.7 Å². The number of rotatable bonds is 4. The number of nitrogens with two attached hydrogens (primary N) is 1. The molecule has 0 saturated heterocycles. The number of urea groups is 2. The van der Waals surface area contributed by atoms with Crippen LogP contribution in [0, 0.1) is 0 Å². The second-order valence-corrected chi connectivity index (χ2v) is 3.52. The van der Waals surface area contributed by atoms with Gasteiger partial charge in [-0.25, -0.2) is 20.0 Å². The number of hydrogen-bond acceptors (Lipinski definition) is 2. The van der Waals surface area contributed by atoms with E-state index in [-0.39, 0.29) is 6.04 Å². The fourth-order valence-corrected chi connectivity index (χ4v) is 0.966. The van der Waals surface area contributed by atoms with E-state index in [1.54, 1.807) is 13.8 Å². The van der Waals surface area contributed by atoms with Crippen LogP contribution < -0.4 is 16.5 Å². The lowest BCUT2D eigenvalue weighted by Gasteiger charge is -2.24. The minimum Gasteiger partial charge on any atom is -0.350 e. The average molecular weight is 216 g/mol. The summed E-state index contributed by atoms with van der Waals surface area (Å²) < 4.78 is 0.